The predicted octanol–water partition coefficient (Wildman–Crippen LogP) is 2.80. The van der Waals surface area contributed by atoms with Crippen LogP contribution < -0.4 is 0 Å². The van der Waals surface area contributed by atoms with Crippen molar-refractivity contribution in [3.05, 3.63) is 42.1 Å². The molecular formula is C12H12N2S. The maximum absolute atomic E-state index is 4.62. The number of aryl methyl sites for hydroxylation is 1. The van der Waals surface area contributed by atoms with Crippen LogP contribution in [-0.4, -0.2) is 15.5 Å². The highest BCUT2D eigenvalue weighted by molar-refractivity contribution is 7.98. The molecule has 0 amide bonds. The van der Waals surface area contributed by atoms with Gasteiger partial charge in [-0.1, -0.05) is 30.3 Å². The van der Waals surface area contributed by atoms with Crippen LogP contribution in [0.5, 0.6) is 0 Å². The molecule has 0 aliphatic carbocycles. The van der Waals surface area contributed by atoms with E-state index in [1.54, 1.807) is 0 Å². The van der Waals surface area contributed by atoms with Gasteiger partial charge in [0.25, 0.3) is 0 Å². The van der Waals surface area contributed by atoms with Crippen molar-refractivity contribution in [2.24, 2.45) is 0 Å². The Labute approximate surface area is 93.3 Å². The average molecular weight is 216 g/mol. The van der Waals surface area contributed by atoms with Gasteiger partial charge in [-0.15, -0.1) is 0 Å². The summed E-state index contributed by atoms with van der Waals surface area (Å²) in [6.07, 6.45) is 0. The Hall–Kier alpha value is -1.22. The molecule has 1 aromatic carbocycles. The molecule has 0 atom stereocenters. The normalized spacial score (nSPS) is 14.9. The van der Waals surface area contributed by atoms with Crippen molar-refractivity contribution in [1.29, 1.82) is 0 Å². The lowest BCUT2D eigenvalue weighted by molar-refractivity contribution is 0.635. The summed E-state index contributed by atoms with van der Waals surface area (Å²) in [4.78, 5) is 0. The second kappa shape index (κ2) is 3.74. The Morgan fingerprint density at radius 3 is 2.87 bits per heavy atom. The topological polar surface area (TPSA) is 17.8 Å². The molecule has 0 N–H and O–H groups in total. The van der Waals surface area contributed by atoms with Crippen molar-refractivity contribution in [3.63, 3.8) is 0 Å². The molecule has 1 aromatic heterocycles. The van der Waals surface area contributed by atoms with E-state index in [-0.39, 0.29) is 0 Å². The maximum atomic E-state index is 4.62. The molecule has 3 heteroatoms. The summed E-state index contributed by atoms with van der Waals surface area (Å²) < 4.78 is 2.14. The fraction of sp³-hybridized carbons (Fsp3) is 0.250. The highest BCUT2D eigenvalue weighted by Gasteiger charge is 2.12. The number of hydrogen-bond donors (Lipinski definition) is 0. The highest BCUT2D eigenvalue weighted by atomic mass is 32.2. The molecule has 0 fully saturated rings. The molecule has 0 saturated carbocycles. The molecule has 1 aliphatic heterocycles. The minimum atomic E-state index is 1.05. The fourth-order valence-corrected chi connectivity index (χ4v) is 2.73. The maximum Gasteiger partial charge on any atom is 0.0926 e. The highest BCUT2D eigenvalue weighted by Crippen LogP contribution is 2.24. The number of rotatable bonds is 1. The summed E-state index contributed by atoms with van der Waals surface area (Å²) in [5.41, 5.74) is 3.67. The second-order valence-electron chi connectivity index (χ2n) is 3.66. The van der Waals surface area contributed by atoms with E-state index in [0.29, 0.717) is 0 Å². The molecule has 2 nitrogen and oxygen atoms in total. The van der Waals surface area contributed by atoms with Crippen LogP contribution in [-0.2, 0) is 12.3 Å². The van der Waals surface area contributed by atoms with Crippen LogP contribution in [0.25, 0.3) is 11.3 Å². The van der Waals surface area contributed by atoms with Crippen LogP contribution in [0.4, 0.5) is 0 Å². The van der Waals surface area contributed by atoms with Gasteiger partial charge in [0.1, 0.15) is 0 Å². The number of fused-ring (bicyclic) bond motifs is 1. The lowest BCUT2D eigenvalue weighted by Gasteiger charge is -2.11. The van der Waals surface area contributed by atoms with E-state index in [1.165, 1.54) is 17.0 Å². The van der Waals surface area contributed by atoms with Crippen molar-refractivity contribution in [2.75, 3.05) is 5.75 Å². The largest absolute Gasteiger partial charge is 0.267 e. The summed E-state index contributed by atoms with van der Waals surface area (Å²) in [5.74, 6) is 2.28. The van der Waals surface area contributed by atoms with Gasteiger partial charge in [0.05, 0.1) is 12.2 Å². The molecule has 0 bridgehead atoms. The third-order valence-electron chi connectivity index (χ3n) is 2.63. The zero-order valence-electron chi connectivity index (χ0n) is 8.39. The first-order valence-corrected chi connectivity index (χ1v) is 6.29. The smallest absolute Gasteiger partial charge is 0.0926 e. The molecule has 0 saturated heterocycles. The Kier molecular flexibility index (Phi) is 2.25. The zero-order chi connectivity index (χ0) is 10.1. The third kappa shape index (κ3) is 1.67. The molecule has 15 heavy (non-hydrogen) atoms. The number of benzene rings is 1. The van der Waals surface area contributed by atoms with Crippen molar-refractivity contribution >= 4 is 11.8 Å². The van der Waals surface area contributed by atoms with Crippen LogP contribution in [0.3, 0.4) is 0 Å². The molecule has 0 unspecified atom stereocenters. The van der Waals surface area contributed by atoms with Crippen LogP contribution in [0, 0.1) is 0 Å². The average Bonchev–Trinajstić information content (AvgIpc) is 2.74. The second-order valence-corrected chi connectivity index (χ2v) is 4.77. The van der Waals surface area contributed by atoms with Crippen molar-refractivity contribution in [1.82, 2.24) is 9.78 Å². The molecule has 0 spiro atoms. The van der Waals surface area contributed by atoms with Crippen LogP contribution in [0.15, 0.2) is 36.4 Å². The molecule has 0 radical (unpaired) electrons. The Bertz CT molecular complexity index is 438. The van der Waals surface area contributed by atoms with E-state index in [1.807, 2.05) is 17.8 Å². The van der Waals surface area contributed by atoms with Gasteiger partial charge in [0.15, 0.2) is 0 Å². The van der Waals surface area contributed by atoms with Crippen LogP contribution in [0.2, 0.25) is 0 Å². The molecule has 1 aliphatic rings. The number of thioether (sulfide) groups is 1. The Balaban J connectivity index is 2.03. The van der Waals surface area contributed by atoms with Gasteiger partial charge in [0.2, 0.25) is 0 Å². The Morgan fingerprint density at radius 1 is 1.20 bits per heavy atom. The monoisotopic (exact) mass is 216 g/mol. The van der Waals surface area contributed by atoms with E-state index in [0.717, 1.165) is 18.0 Å². The first-order valence-electron chi connectivity index (χ1n) is 5.13. The zero-order valence-corrected chi connectivity index (χ0v) is 9.20. The molecular weight excluding hydrogens is 204 g/mol. The standard InChI is InChI=1S/C12H12N2S/c1-2-4-10(5-3-1)12-8-11-9-15-7-6-14(11)13-12/h1-5,8H,6-7,9H2. The molecule has 76 valence electrons. The predicted molar refractivity (Wildman–Crippen MR) is 63.8 cm³/mol. The minimum Gasteiger partial charge on any atom is -0.267 e. The molecule has 2 heterocycles. The first kappa shape index (κ1) is 9.04. The Morgan fingerprint density at radius 2 is 2.07 bits per heavy atom. The molecule has 3 rings (SSSR count). The number of aromatic nitrogens is 2. The summed E-state index contributed by atoms with van der Waals surface area (Å²) in [7, 11) is 0. The van der Waals surface area contributed by atoms with Gasteiger partial charge in [-0.2, -0.15) is 16.9 Å². The summed E-state index contributed by atoms with van der Waals surface area (Å²) in [6.45, 7) is 1.05. The van der Waals surface area contributed by atoms with E-state index in [2.05, 4.69) is 40.1 Å². The van der Waals surface area contributed by atoms with Crippen LogP contribution >= 0.6 is 11.8 Å². The summed E-state index contributed by atoms with van der Waals surface area (Å²) >= 11 is 1.99. The number of hydrogen-bond acceptors (Lipinski definition) is 2. The van der Waals surface area contributed by atoms with Crippen molar-refractivity contribution in [3.8, 4) is 11.3 Å². The van der Waals surface area contributed by atoms with Crippen molar-refractivity contribution in [2.45, 2.75) is 12.3 Å². The van der Waals surface area contributed by atoms with E-state index >= 15 is 0 Å². The minimum absolute atomic E-state index is 1.05. The number of nitrogens with zero attached hydrogens (tertiary/aromatic N) is 2. The van der Waals surface area contributed by atoms with E-state index in [4.69, 9.17) is 0 Å². The lowest BCUT2D eigenvalue weighted by Crippen LogP contribution is -2.10. The van der Waals surface area contributed by atoms with Gasteiger partial charge in [-0.05, 0) is 6.07 Å². The van der Waals surface area contributed by atoms with Gasteiger partial charge >= 0.3 is 0 Å². The van der Waals surface area contributed by atoms with E-state index < -0.39 is 0 Å². The van der Waals surface area contributed by atoms with Gasteiger partial charge < -0.3 is 0 Å². The van der Waals surface area contributed by atoms with E-state index in [9.17, 15) is 0 Å². The van der Waals surface area contributed by atoms with Crippen LogP contribution in [0.1, 0.15) is 5.69 Å². The van der Waals surface area contributed by atoms with Gasteiger partial charge in [-0.25, -0.2) is 0 Å². The fourth-order valence-electron chi connectivity index (χ4n) is 1.84. The van der Waals surface area contributed by atoms with Gasteiger partial charge in [0, 0.05) is 22.8 Å². The summed E-state index contributed by atoms with van der Waals surface area (Å²) in [6, 6.07) is 12.6. The quantitative estimate of drug-likeness (QED) is 0.729. The van der Waals surface area contributed by atoms with Crippen molar-refractivity contribution < 1.29 is 0 Å². The SMILES string of the molecule is c1ccc(-c2cc3n(n2)CCSC3)cc1. The third-order valence-corrected chi connectivity index (χ3v) is 3.60. The lowest BCUT2D eigenvalue weighted by atomic mass is 10.1. The first-order chi connectivity index (χ1) is 7.43. The summed E-state index contributed by atoms with van der Waals surface area (Å²) in [5, 5.41) is 4.62. The molecule has 2 aromatic rings. The van der Waals surface area contributed by atoms with Gasteiger partial charge in [-0.3, -0.25) is 4.68 Å².